The monoisotopic (exact) mass is 508 g/mol. The van der Waals surface area contributed by atoms with Crippen molar-refractivity contribution in [3.05, 3.63) is 64.7 Å². The Balaban J connectivity index is 1.51. The van der Waals surface area contributed by atoms with Gasteiger partial charge in [0.05, 0.1) is 39.2 Å². The van der Waals surface area contributed by atoms with Crippen LogP contribution in [0.4, 0.5) is 8.78 Å². The van der Waals surface area contributed by atoms with Crippen LogP contribution in [0.25, 0.3) is 0 Å². The number of halogens is 3. The van der Waals surface area contributed by atoms with Gasteiger partial charge in [0.2, 0.25) is 11.8 Å². The summed E-state index contributed by atoms with van der Waals surface area (Å²) in [5.41, 5.74) is -1.00. The van der Waals surface area contributed by atoms with E-state index in [4.69, 9.17) is 25.8 Å². The highest BCUT2D eigenvalue weighted by atomic mass is 35.5. The van der Waals surface area contributed by atoms with Gasteiger partial charge < -0.3 is 24.0 Å². The molecule has 1 atom stereocenters. The van der Waals surface area contributed by atoms with Gasteiger partial charge in [-0.1, -0.05) is 17.7 Å². The number of carbonyl (C=O) groups is 2. The van der Waals surface area contributed by atoms with Gasteiger partial charge in [0.25, 0.3) is 0 Å². The lowest BCUT2D eigenvalue weighted by atomic mass is 9.96. The maximum absolute atomic E-state index is 14.3. The van der Waals surface area contributed by atoms with Crippen molar-refractivity contribution in [1.29, 1.82) is 0 Å². The van der Waals surface area contributed by atoms with Crippen molar-refractivity contribution < 1.29 is 32.6 Å². The molecule has 0 spiro atoms. The molecule has 2 fully saturated rings. The van der Waals surface area contributed by atoms with E-state index in [-0.39, 0.29) is 61.5 Å². The topological polar surface area (TPSA) is 68.3 Å². The molecule has 10 heteroatoms. The first-order valence-corrected chi connectivity index (χ1v) is 11.8. The molecule has 2 aliphatic rings. The van der Waals surface area contributed by atoms with Crippen LogP contribution in [0.2, 0.25) is 5.02 Å². The number of hydrogen-bond donors (Lipinski definition) is 0. The molecule has 4 rings (SSSR count). The van der Waals surface area contributed by atoms with Crippen molar-refractivity contribution in [2.24, 2.45) is 0 Å². The van der Waals surface area contributed by atoms with E-state index < -0.39 is 17.2 Å². The standard InChI is InChI=1S/C25H27ClF2N2O5/c26-21-2-1-3-22(28)20(21)14-23(31)30-10-13-35-25(16-30,15-24(32)29-8-11-33-12-9-29)17-34-19-6-4-18(27)5-7-19/h1-7H,8-17H2. The van der Waals surface area contributed by atoms with Crippen LogP contribution in [0.15, 0.2) is 42.5 Å². The number of carbonyl (C=O) groups excluding carboxylic acids is 2. The number of benzene rings is 2. The predicted molar refractivity (Wildman–Crippen MR) is 124 cm³/mol. The summed E-state index contributed by atoms with van der Waals surface area (Å²) in [6, 6.07) is 9.80. The normalized spacial score (nSPS) is 20.5. The fourth-order valence-electron chi connectivity index (χ4n) is 4.21. The molecule has 0 saturated carbocycles. The minimum absolute atomic E-state index is 0.0154. The van der Waals surface area contributed by atoms with Crippen LogP contribution >= 0.6 is 11.6 Å². The molecule has 2 aromatic rings. The molecule has 2 aliphatic heterocycles. The van der Waals surface area contributed by atoms with Crippen LogP contribution in [0.3, 0.4) is 0 Å². The van der Waals surface area contributed by atoms with Crippen LogP contribution in [-0.4, -0.2) is 79.8 Å². The number of nitrogens with zero attached hydrogens (tertiary/aromatic N) is 2. The molecule has 2 aromatic carbocycles. The van der Waals surface area contributed by atoms with Crippen molar-refractivity contribution >= 4 is 23.4 Å². The Morgan fingerprint density at radius 1 is 0.971 bits per heavy atom. The minimum atomic E-state index is -1.13. The first-order valence-electron chi connectivity index (χ1n) is 11.4. The fourth-order valence-corrected chi connectivity index (χ4v) is 4.44. The van der Waals surface area contributed by atoms with Gasteiger partial charge in [-0.3, -0.25) is 9.59 Å². The van der Waals surface area contributed by atoms with Crippen LogP contribution in [0, 0.1) is 11.6 Å². The summed E-state index contributed by atoms with van der Waals surface area (Å²) < 4.78 is 44.8. The van der Waals surface area contributed by atoms with Crippen molar-refractivity contribution in [3.8, 4) is 5.75 Å². The molecular formula is C25H27ClF2N2O5. The number of amides is 2. The van der Waals surface area contributed by atoms with Gasteiger partial charge in [0.1, 0.15) is 29.6 Å². The second-order valence-corrected chi connectivity index (χ2v) is 9.04. The fraction of sp³-hybridized carbons (Fsp3) is 0.440. The average Bonchev–Trinajstić information content (AvgIpc) is 2.86. The summed E-state index contributed by atoms with van der Waals surface area (Å²) in [7, 11) is 0. The van der Waals surface area contributed by atoms with Crippen molar-refractivity contribution in [2.45, 2.75) is 18.4 Å². The van der Waals surface area contributed by atoms with Gasteiger partial charge in [-0.15, -0.1) is 0 Å². The second kappa shape index (κ2) is 11.3. The van der Waals surface area contributed by atoms with E-state index in [1.807, 2.05) is 0 Å². The van der Waals surface area contributed by atoms with Crippen molar-refractivity contribution in [3.63, 3.8) is 0 Å². The summed E-state index contributed by atoms with van der Waals surface area (Å²) in [6.07, 6.45) is -0.226. The lowest BCUT2D eigenvalue weighted by Gasteiger charge is -2.43. The highest BCUT2D eigenvalue weighted by Crippen LogP contribution is 2.27. The van der Waals surface area contributed by atoms with Gasteiger partial charge in [-0.25, -0.2) is 8.78 Å². The van der Waals surface area contributed by atoms with Crippen molar-refractivity contribution in [1.82, 2.24) is 9.80 Å². The van der Waals surface area contributed by atoms with E-state index in [0.29, 0.717) is 32.1 Å². The van der Waals surface area contributed by atoms with Crippen LogP contribution in [-0.2, 0) is 25.5 Å². The summed E-state index contributed by atoms with van der Waals surface area (Å²) >= 11 is 6.11. The highest BCUT2D eigenvalue weighted by molar-refractivity contribution is 6.31. The minimum Gasteiger partial charge on any atom is -0.490 e. The summed E-state index contributed by atoms with van der Waals surface area (Å²) in [4.78, 5) is 29.5. The number of rotatable bonds is 7. The first-order chi connectivity index (χ1) is 16.8. The van der Waals surface area contributed by atoms with Crippen LogP contribution < -0.4 is 4.74 Å². The maximum Gasteiger partial charge on any atom is 0.227 e. The Bertz CT molecular complexity index is 1030. The second-order valence-electron chi connectivity index (χ2n) is 8.64. The van der Waals surface area contributed by atoms with E-state index in [1.54, 1.807) is 9.80 Å². The smallest absolute Gasteiger partial charge is 0.227 e. The molecule has 188 valence electrons. The molecule has 0 aromatic heterocycles. The predicted octanol–water partition coefficient (Wildman–Crippen LogP) is 3.09. The molecule has 0 N–H and O–H groups in total. The molecule has 0 bridgehead atoms. The van der Waals surface area contributed by atoms with E-state index >= 15 is 0 Å². The molecule has 2 saturated heterocycles. The third kappa shape index (κ3) is 6.48. The zero-order valence-electron chi connectivity index (χ0n) is 19.2. The van der Waals surface area contributed by atoms with Gasteiger partial charge in [-0.05, 0) is 36.4 Å². The van der Waals surface area contributed by atoms with E-state index in [9.17, 15) is 18.4 Å². The van der Waals surface area contributed by atoms with E-state index in [1.165, 1.54) is 42.5 Å². The molecule has 35 heavy (non-hydrogen) atoms. The molecule has 0 radical (unpaired) electrons. The van der Waals surface area contributed by atoms with Gasteiger partial charge >= 0.3 is 0 Å². The van der Waals surface area contributed by atoms with Gasteiger partial charge in [0, 0.05) is 30.2 Å². The summed E-state index contributed by atoms with van der Waals surface area (Å²) in [6.45, 7) is 2.38. The number of ether oxygens (including phenoxy) is 3. The SMILES string of the molecule is O=C(CC1(COc2ccc(F)cc2)CN(C(=O)Cc2c(F)cccc2Cl)CCO1)N1CCOCC1. The van der Waals surface area contributed by atoms with Gasteiger partial charge in [0.15, 0.2) is 0 Å². The number of morpholine rings is 2. The quantitative estimate of drug-likeness (QED) is 0.575. The van der Waals surface area contributed by atoms with Crippen molar-refractivity contribution in [2.75, 3.05) is 52.6 Å². The van der Waals surface area contributed by atoms with E-state index in [2.05, 4.69) is 0 Å². The summed E-state index contributed by atoms with van der Waals surface area (Å²) in [5, 5.41) is 0.181. The van der Waals surface area contributed by atoms with Crippen LogP contribution in [0.1, 0.15) is 12.0 Å². The molecule has 1 unspecified atom stereocenters. The van der Waals surface area contributed by atoms with E-state index in [0.717, 1.165) is 0 Å². The zero-order chi connectivity index (χ0) is 24.8. The number of hydrogen-bond acceptors (Lipinski definition) is 5. The Morgan fingerprint density at radius 3 is 2.40 bits per heavy atom. The van der Waals surface area contributed by atoms with Crippen LogP contribution in [0.5, 0.6) is 5.75 Å². The largest absolute Gasteiger partial charge is 0.490 e. The molecule has 2 heterocycles. The third-order valence-corrected chi connectivity index (χ3v) is 6.50. The highest BCUT2D eigenvalue weighted by Gasteiger charge is 2.42. The lowest BCUT2D eigenvalue weighted by molar-refractivity contribution is -0.167. The first kappa shape index (κ1) is 25.3. The Kier molecular flexibility index (Phi) is 8.20. The maximum atomic E-state index is 14.3. The molecule has 0 aliphatic carbocycles. The zero-order valence-corrected chi connectivity index (χ0v) is 19.9. The van der Waals surface area contributed by atoms with Gasteiger partial charge in [-0.2, -0.15) is 0 Å². The summed E-state index contributed by atoms with van der Waals surface area (Å²) in [5.74, 6) is -0.998. The molecular weight excluding hydrogens is 482 g/mol. The third-order valence-electron chi connectivity index (χ3n) is 6.14. The lowest BCUT2D eigenvalue weighted by Crippen LogP contribution is -2.59. The molecule has 7 nitrogen and oxygen atoms in total. The average molecular weight is 509 g/mol. The Labute approximate surface area is 207 Å². The Morgan fingerprint density at radius 2 is 1.69 bits per heavy atom. The Hall–Kier alpha value is -2.75. The molecule has 2 amide bonds.